The monoisotopic (exact) mass is 234 g/mol. The number of cyclic esters (lactones) is 2. The van der Waals surface area contributed by atoms with Crippen molar-refractivity contribution in [1.82, 2.24) is 0 Å². The van der Waals surface area contributed by atoms with Gasteiger partial charge in [0.15, 0.2) is 11.5 Å². The van der Waals surface area contributed by atoms with Crippen molar-refractivity contribution in [2.75, 3.05) is 6.79 Å². The zero-order valence-electron chi connectivity index (χ0n) is 9.19. The number of rotatable bonds is 1. The third kappa shape index (κ3) is 1.39. The summed E-state index contributed by atoms with van der Waals surface area (Å²) in [7, 11) is 0. The number of fused-ring (bicyclic) bond motifs is 1. The summed E-state index contributed by atoms with van der Waals surface area (Å²) in [4.78, 5) is 22.9. The molecule has 0 saturated carbocycles. The van der Waals surface area contributed by atoms with Crippen LogP contribution in [0.25, 0.3) is 0 Å². The maximum atomic E-state index is 11.7. The Labute approximate surface area is 97.3 Å². The summed E-state index contributed by atoms with van der Waals surface area (Å²) >= 11 is 0. The highest BCUT2D eigenvalue weighted by Gasteiger charge is 2.47. The highest BCUT2D eigenvalue weighted by atomic mass is 16.7. The third-order valence-corrected chi connectivity index (χ3v) is 3.16. The van der Waals surface area contributed by atoms with Gasteiger partial charge in [-0.2, -0.15) is 0 Å². The molecule has 1 unspecified atom stereocenters. The normalized spacial score (nSPS) is 26.2. The van der Waals surface area contributed by atoms with Crippen LogP contribution in [0.5, 0.6) is 11.5 Å². The molecular formula is C12H10O5. The quantitative estimate of drug-likeness (QED) is 0.538. The first kappa shape index (κ1) is 10.1. The molecule has 1 saturated heterocycles. The van der Waals surface area contributed by atoms with E-state index in [0.29, 0.717) is 17.1 Å². The summed E-state index contributed by atoms with van der Waals surface area (Å²) in [6.07, 6.45) is 0.0610. The molecule has 0 aromatic heterocycles. The number of benzene rings is 1. The van der Waals surface area contributed by atoms with Crippen LogP contribution in [-0.2, 0) is 19.7 Å². The standard InChI is InChI=1S/C12H10O5/c1-12(5-10(13)17-11(12)14)7-2-3-8-9(4-7)16-6-15-8/h2-4H,5-6H2,1H3. The highest BCUT2D eigenvalue weighted by Crippen LogP contribution is 2.40. The highest BCUT2D eigenvalue weighted by molar-refractivity contribution is 6.01. The van der Waals surface area contributed by atoms with Crippen LogP contribution >= 0.6 is 0 Å². The van der Waals surface area contributed by atoms with E-state index < -0.39 is 17.4 Å². The van der Waals surface area contributed by atoms with Crippen molar-refractivity contribution < 1.29 is 23.8 Å². The van der Waals surface area contributed by atoms with Gasteiger partial charge in [-0.3, -0.25) is 9.59 Å². The zero-order valence-corrected chi connectivity index (χ0v) is 9.19. The average Bonchev–Trinajstić information content (AvgIpc) is 2.83. The van der Waals surface area contributed by atoms with Crippen LogP contribution in [0.1, 0.15) is 18.9 Å². The Bertz CT molecular complexity index is 522. The Hall–Kier alpha value is -2.04. The van der Waals surface area contributed by atoms with Crippen molar-refractivity contribution >= 4 is 11.9 Å². The summed E-state index contributed by atoms with van der Waals surface area (Å²) in [5.74, 6) is 0.238. The van der Waals surface area contributed by atoms with Gasteiger partial charge < -0.3 is 14.2 Å². The second-order valence-corrected chi connectivity index (χ2v) is 4.34. The van der Waals surface area contributed by atoms with Gasteiger partial charge in [0.2, 0.25) is 6.79 Å². The molecule has 17 heavy (non-hydrogen) atoms. The van der Waals surface area contributed by atoms with Gasteiger partial charge in [0.1, 0.15) is 5.41 Å². The SMILES string of the molecule is CC1(c2ccc3c(c2)OCO3)CC(=O)OC1=O. The van der Waals surface area contributed by atoms with Gasteiger partial charge in [0, 0.05) is 0 Å². The first-order valence-corrected chi connectivity index (χ1v) is 5.25. The van der Waals surface area contributed by atoms with Gasteiger partial charge >= 0.3 is 11.9 Å². The Kier molecular flexibility index (Phi) is 1.92. The number of carbonyl (C=O) groups is 2. The number of hydrogen-bond acceptors (Lipinski definition) is 5. The molecule has 0 radical (unpaired) electrons. The van der Waals surface area contributed by atoms with Crippen LogP contribution in [-0.4, -0.2) is 18.7 Å². The van der Waals surface area contributed by atoms with Crippen LogP contribution in [0.4, 0.5) is 0 Å². The fraction of sp³-hybridized carbons (Fsp3) is 0.333. The Morgan fingerprint density at radius 3 is 2.65 bits per heavy atom. The first-order valence-electron chi connectivity index (χ1n) is 5.25. The molecule has 1 fully saturated rings. The van der Waals surface area contributed by atoms with E-state index in [2.05, 4.69) is 4.74 Å². The molecule has 3 rings (SSSR count). The van der Waals surface area contributed by atoms with Gasteiger partial charge in [0.05, 0.1) is 6.42 Å². The summed E-state index contributed by atoms with van der Waals surface area (Å²) in [6.45, 7) is 1.87. The molecule has 1 atom stereocenters. The molecule has 2 aliphatic heterocycles. The van der Waals surface area contributed by atoms with E-state index in [1.807, 2.05) is 0 Å². The van der Waals surface area contributed by atoms with E-state index in [1.165, 1.54) is 0 Å². The van der Waals surface area contributed by atoms with Crippen LogP contribution in [0, 0.1) is 0 Å². The Morgan fingerprint density at radius 1 is 1.18 bits per heavy atom. The maximum Gasteiger partial charge on any atom is 0.324 e. The smallest absolute Gasteiger partial charge is 0.324 e. The molecule has 5 nitrogen and oxygen atoms in total. The van der Waals surface area contributed by atoms with Crippen molar-refractivity contribution in [3.05, 3.63) is 23.8 Å². The molecule has 2 aliphatic rings. The van der Waals surface area contributed by atoms with Crippen molar-refractivity contribution in [3.63, 3.8) is 0 Å². The summed E-state index contributed by atoms with van der Waals surface area (Å²) in [6, 6.07) is 5.22. The van der Waals surface area contributed by atoms with Gasteiger partial charge in [-0.05, 0) is 24.6 Å². The lowest BCUT2D eigenvalue weighted by Crippen LogP contribution is -2.27. The van der Waals surface area contributed by atoms with E-state index in [4.69, 9.17) is 9.47 Å². The molecule has 0 spiro atoms. The predicted molar refractivity (Wildman–Crippen MR) is 55.6 cm³/mol. The summed E-state index contributed by atoms with van der Waals surface area (Å²) < 4.78 is 15.0. The van der Waals surface area contributed by atoms with Gasteiger partial charge in [-0.25, -0.2) is 0 Å². The number of carbonyl (C=O) groups excluding carboxylic acids is 2. The second kappa shape index (κ2) is 3.23. The number of ether oxygens (including phenoxy) is 3. The van der Waals surface area contributed by atoms with Crippen molar-refractivity contribution in [3.8, 4) is 11.5 Å². The summed E-state index contributed by atoms with van der Waals surface area (Å²) in [5, 5.41) is 0. The molecule has 0 aliphatic carbocycles. The number of esters is 2. The lowest BCUT2D eigenvalue weighted by Gasteiger charge is -2.18. The second-order valence-electron chi connectivity index (χ2n) is 4.34. The van der Waals surface area contributed by atoms with Crippen molar-refractivity contribution in [2.24, 2.45) is 0 Å². The molecule has 0 bridgehead atoms. The molecule has 88 valence electrons. The van der Waals surface area contributed by atoms with Crippen molar-refractivity contribution in [1.29, 1.82) is 0 Å². The predicted octanol–water partition coefficient (Wildman–Crippen LogP) is 1.15. The minimum absolute atomic E-state index is 0.0610. The fourth-order valence-electron chi connectivity index (χ4n) is 2.07. The number of hydrogen-bond donors (Lipinski definition) is 0. The van der Waals surface area contributed by atoms with E-state index in [1.54, 1.807) is 25.1 Å². The first-order chi connectivity index (χ1) is 8.09. The maximum absolute atomic E-state index is 11.7. The molecular weight excluding hydrogens is 224 g/mol. The van der Waals surface area contributed by atoms with Gasteiger partial charge in [-0.1, -0.05) is 6.07 Å². The minimum Gasteiger partial charge on any atom is -0.454 e. The molecule has 5 heteroatoms. The minimum atomic E-state index is -0.919. The third-order valence-electron chi connectivity index (χ3n) is 3.16. The average molecular weight is 234 g/mol. The van der Waals surface area contributed by atoms with E-state index in [0.717, 1.165) is 0 Å². The Morgan fingerprint density at radius 2 is 1.94 bits per heavy atom. The largest absolute Gasteiger partial charge is 0.454 e. The molecule has 2 heterocycles. The molecule has 0 N–H and O–H groups in total. The van der Waals surface area contributed by atoms with Crippen LogP contribution < -0.4 is 9.47 Å². The fourth-order valence-corrected chi connectivity index (χ4v) is 2.07. The molecule has 1 aromatic carbocycles. The van der Waals surface area contributed by atoms with Crippen LogP contribution in [0.2, 0.25) is 0 Å². The van der Waals surface area contributed by atoms with Crippen molar-refractivity contribution in [2.45, 2.75) is 18.8 Å². The van der Waals surface area contributed by atoms with Crippen LogP contribution in [0.15, 0.2) is 18.2 Å². The van der Waals surface area contributed by atoms with E-state index in [9.17, 15) is 9.59 Å². The van der Waals surface area contributed by atoms with E-state index in [-0.39, 0.29) is 13.2 Å². The van der Waals surface area contributed by atoms with Gasteiger partial charge in [0.25, 0.3) is 0 Å². The molecule has 1 aromatic rings. The topological polar surface area (TPSA) is 61.8 Å². The van der Waals surface area contributed by atoms with Crippen LogP contribution in [0.3, 0.4) is 0 Å². The van der Waals surface area contributed by atoms with Gasteiger partial charge in [-0.15, -0.1) is 0 Å². The van der Waals surface area contributed by atoms with E-state index >= 15 is 0 Å². The molecule has 0 amide bonds. The Balaban J connectivity index is 2.04. The lowest BCUT2D eigenvalue weighted by molar-refractivity contribution is -0.153. The summed E-state index contributed by atoms with van der Waals surface area (Å²) in [5.41, 5.74) is -0.212. The zero-order chi connectivity index (χ0) is 12.0. The lowest BCUT2D eigenvalue weighted by atomic mass is 9.81.